The molecule has 1 N–H and O–H groups in total. The predicted octanol–water partition coefficient (Wildman–Crippen LogP) is 0.879. The molecule has 0 aromatic rings. The van der Waals surface area contributed by atoms with Crippen LogP contribution >= 0.6 is 0 Å². The molecule has 7 heteroatoms. The molecule has 1 unspecified atom stereocenters. The SMILES string of the molecule is C#CC[C@H](OC)[C@@]1(C)C(O)O[C@H](COC(=O)C(C)(C)C)[C@H]1OC=O. The van der Waals surface area contributed by atoms with Crippen LogP contribution < -0.4 is 0 Å². The van der Waals surface area contributed by atoms with Gasteiger partial charge in [-0.3, -0.25) is 9.59 Å². The van der Waals surface area contributed by atoms with E-state index in [0.717, 1.165) is 0 Å². The lowest BCUT2D eigenvalue weighted by molar-refractivity contribution is -0.177. The molecule has 0 saturated carbocycles. The third-order valence-electron chi connectivity index (χ3n) is 4.26. The smallest absolute Gasteiger partial charge is 0.311 e. The summed E-state index contributed by atoms with van der Waals surface area (Å²) in [5.74, 6) is 2.04. The minimum atomic E-state index is -1.29. The van der Waals surface area contributed by atoms with Crippen LogP contribution in [0.1, 0.15) is 34.1 Å². The average molecular weight is 342 g/mol. The molecule has 7 nitrogen and oxygen atoms in total. The first-order valence-electron chi connectivity index (χ1n) is 7.69. The maximum absolute atomic E-state index is 11.9. The molecule has 1 aliphatic heterocycles. The summed E-state index contributed by atoms with van der Waals surface area (Å²) < 4.78 is 21.2. The number of aliphatic hydroxyl groups is 1. The highest BCUT2D eigenvalue weighted by molar-refractivity contribution is 5.75. The Morgan fingerprint density at radius 2 is 2.12 bits per heavy atom. The quantitative estimate of drug-likeness (QED) is 0.417. The van der Waals surface area contributed by atoms with E-state index in [-0.39, 0.29) is 19.5 Å². The van der Waals surface area contributed by atoms with E-state index in [1.54, 1.807) is 27.7 Å². The van der Waals surface area contributed by atoms with Gasteiger partial charge < -0.3 is 24.1 Å². The lowest BCUT2D eigenvalue weighted by Gasteiger charge is -2.37. The number of methoxy groups -OCH3 is 1. The molecule has 1 fully saturated rings. The largest absolute Gasteiger partial charge is 0.462 e. The highest BCUT2D eigenvalue weighted by Crippen LogP contribution is 2.44. The molecule has 0 aliphatic carbocycles. The molecule has 0 bridgehead atoms. The first-order valence-corrected chi connectivity index (χ1v) is 7.69. The van der Waals surface area contributed by atoms with Crippen LogP contribution in [-0.4, -0.2) is 55.9 Å². The summed E-state index contributed by atoms with van der Waals surface area (Å²) in [6.07, 6.45) is 1.94. The highest BCUT2D eigenvalue weighted by atomic mass is 16.7. The summed E-state index contributed by atoms with van der Waals surface area (Å²) in [6, 6.07) is 0. The van der Waals surface area contributed by atoms with Crippen LogP contribution in [0.4, 0.5) is 0 Å². The Morgan fingerprint density at radius 3 is 2.58 bits per heavy atom. The van der Waals surface area contributed by atoms with Crippen LogP contribution in [0.15, 0.2) is 0 Å². The number of carbonyl (C=O) groups is 2. The first-order chi connectivity index (χ1) is 11.1. The molecule has 0 radical (unpaired) electrons. The van der Waals surface area contributed by atoms with Crippen molar-refractivity contribution in [2.75, 3.05) is 13.7 Å². The molecule has 0 aromatic heterocycles. The summed E-state index contributed by atoms with van der Waals surface area (Å²) >= 11 is 0. The molecule has 1 saturated heterocycles. The molecule has 24 heavy (non-hydrogen) atoms. The number of hydrogen-bond donors (Lipinski definition) is 1. The first kappa shape index (κ1) is 20.4. The lowest BCUT2D eigenvalue weighted by atomic mass is 9.76. The fourth-order valence-corrected chi connectivity index (χ4v) is 2.73. The third-order valence-corrected chi connectivity index (χ3v) is 4.26. The van der Waals surface area contributed by atoms with Gasteiger partial charge in [0.15, 0.2) is 6.29 Å². The minimum absolute atomic E-state index is 0.159. The summed E-state index contributed by atoms with van der Waals surface area (Å²) in [6.45, 7) is 6.92. The van der Waals surface area contributed by atoms with Crippen molar-refractivity contribution in [3.8, 4) is 12.3 Å². The van der Waals surface area contributed by atoms with E-state index >= 15 is 0 Å². The Bertz CT molecular complexity index is 490. The van der Waals surface area contributed by atoms with Gasteiger partial charge in [0.05, 0.1) is 16.9 Å². The Kier molecular flexibility index (Phi) is 6.78. The number of aliphatic hydroxyl groups excluding tert-OH is 1. The molecule has 136 valence electrons. The maximum atomic E-state index is 11.9. The highest BCUT2D eigenvalue weighted by Gasteiger charge is 2.59. The van der Waals surface area contributed by atoms with E-state index in [4.69, 9.17) is 25.4 Å². The van der Waals surface area contributed by atoms with Crippen molar-refractivity contribution in [2.45, 2.75) is 58.7 Å². The number of rotatable bonds is 7. The zero-order chi connectivity index (χ0) is 18.5. The molecular formula is C17H26O7. The van der Waals surface area contributed by atoms with Crippen molar-refractivity contribution in [2.24, 2.45) is 10.8 Å². The molecule has 1 heterocycles. The Morgan fingerprint density at radius 1 is 1.50 bits per heavy atom. The zero-order valence-corrected chi connectivity index (χ0v) is 14.8. The number of hydrogen-bond acceptors (Lipinski definition) is 7. The van der Waals surface area contributed by atoms with Crippen LogP contribution in [0.2, 0.25) is 0 Å². The fraction of sp³-hybridized carbons (Fsp3) is 0.765. The van der Waals surface area contributed by atoms with Gasteiger partial charge in [0.2, 0.25) is 0 Å². The van der Waals surface area contributed by atoms with E-state index < -0.39 is 41.4 Å². The van der Waals surface area contributed by atoms with Crippen LogP contribution in [0.3, 0.4) is 0 Å². The van der Waals surface area contributed by atoms with Crippen molar-refractivity contribution in [3.63, 3.8) is 0 Å². The number of terminal acetylenes is 1. The second kappa shape index (κ2) is 7.97. The van der Waals surface area contributed by atoms with E-state index in [1.807, 2.05) is 0 Å². The normalized spacial score (nSPS) is 31.1. The zero-order valence-electron chi connectivity index (χ0n) is 14.8. The van der Waals surface area contributed by atoms with Crippen molar-refractivity contribution in [1.82, 2.24) is 0 Å². The van der Waals surface area contributed by atoms with Gasteiger partial charge in [0.1, 0.15) is 18.8 Å². The number of ether oxygens (including phenoxy) is 4. The van der Waals surface area contributed by atoms with Crippen LogP contribution in [0.5, 0.6) is 0 Å². The molecule has 5 atom stereocenters. The Hall–Kier alpha value is -1.62. The molecule has 0 aromatic carbocycles. The molecule has 0 spiro atoms. The van der Waals surface area contributed by atoms with Crippen molar-refractivity contribution >= 4 is 12.4 Å². The second-order valence-corrected chi connectivity index (χ2v) is 7.03. The van der Waals surface area contributed by atoms with Gasteiger partial charge in [-0.2, -0.15) is 0 Å². The van der Waals surface area contributed by atoms with Gasteiger partial charge in [-0.15, -0.1) is 12.3 Å². The van der Waals surface area contributed by atoms with E-state index in [1.165, 1.54) is 7.11 Å². The van der Waals surface area contributed by atoms with Gasteiger partial charge in [0.25, 0.3) is 6.47 Å². The average Bonchev–Trinajstić information content (AvgIpc) is 2.74. The summed E-state index contributed by atoms with van der Waals surface area (Å²) in [5, 5.41) is 10.4. The fourth-order valence-electron chi connectivity index (χ4n) is 2.73. The standard InChI is InChI=1S/C17H26O7/c1-7-8-12(21-6)17(5)13(23-10-18)11(24-15(17)20)9-22-14(19)16(2,3)4/h1,10-13,15,20H,8-9H2,2-6H3/t11-,12+,13-,15?,17-/m1/s1. The van der Waals surface area contributed by atoms with E-state index in [0.29, 0.717) is 0 Å². The summed E-state index contributed by atoms with van der Waals surface area (Å²) in [5.41, 5.74) is -1.78. The molecule has 1 aliphatic rings. The molecular weight excluding hydrogens is 316 g/mol. The van der Waals surface area contributed by atoms with Gasteiger partial charge in [-0.05, 0) is 27.7 Å². The van der Waals surface area contributed by atoms with E-state index in [2.05, 4.69) is 5.92 Å². The second-order valence-electron chi connectivity index (χ2n) is 7.03. The Balaban J connectivity index is 2.98. The minimum Gasteiger partial charge on any atom is -0.462 e. The monoisotopic (exact) mass is 342 g/mol. The summed E-state index contributed by atoms with van der Waals surface area (Å²) in [7, 11) is 1.45. The topological polar surface area (TPSA) is 91.3 Å². The Labute approximate surface area is 142 Å². The molecule has 0 amide bonds. The van der Waals surface area contributed by atoms with E-state index in [9.17, 15) is 14.7 Å². The predicted molar refractivity (Wildman–Crippen MR) is 84.6 cm³/mol. The van der Waals surface area contributed by atoms with Gasteiger partial charge in [-0.1, -0.05) is 0 Å². The number of carbonyl (C=O) groups excluding carboxylic acids is 2. The van der Waals surface area contributed by atoms with Gasteiger partial charge in [0, 0.05) is 13.5 Å². The maximum Gasteiger partial charge on any atom is 0.311 e. The van der Waals surface area contributed by atoms with Gasteiger partial charge >= 0.3 is 5.97 Å². The van der Waals surface area contributed by atoms with Crippen molar-refractivity contribution < 1.29 is 33.6 Å². The van der Waals surface area contributed by atoms with Crippen LogP contribution in [0.25, 0.3) is 0 Å². The molecule has 1 rings (SSSR count). The van der Waals surface area contributed by atoms with Gasteiger partial charge in [-0.25, -0.2) is 0 Å². The lowest BCUT2D eigenvalue weighted by Crippen LogP contribution is -2.50. The van der Waals surface area contributed by atoms with Crippen molar-refractivity contribution in [3.05, 3.63) is 0 Å². The van der Waals surface area contributed by atoms with Crippen LogP contribution in [0, 0.1) is 23.2 Å². The third kappa shape index (κ3) is 4.07. The number of esters is 1. The summed E-state index contributed by atoms with van der Waals surface area (Å²) in [4.78, 5) is 22.8. The van der Waals surface area contributed by atoms with Crippen molar-refractivity contribution in [1.29, 1.82) is 0 Å². The van der Waals surface area contributed by atoms with Crippen LogP contribution in [-0.2, 0) is 28.5 Å².